The summed E-state index contributed by atoms with van der Waals surface area (Å²) in [6, 6.07) is 13.5. The molecule has 5 heteroatoms. The van der Waals surface area contributed by atoms with Gasteiger partial charge in [0, 0.05) is 11.1 Å². The molecule has 0 amide bonds. The Hall–Kier alpha value is -2.13. The third kappa shape index (κ3) is 5.80. The molecule has 0 bridgehead atoms. The van der Waals surface area contributed by atoms with Crippen LogP contribution >= 0.6 is 0 Å². The van der Waals surface area contributed by atoms with Gasteiger partial charge in [0.2, 0.25) is 0 Å². The topological polar surface area (TPSA) is 80.3 Å². The maximum atomic E-state index is 10.3. The minimum Gasteiger partial charge on any atom is -0.545 e. The number of carbonyl (C=O) groups is 2. The van der Waals surface area contributed by atoms with Crippen molar-refractivity contribution in [1.82, 2.24) is 0 Å². The first kappa shape index (κ1) is 18.9. The van der Waals surface area contributed by atoms with Crippen molar-refractivity contribution in [2.24, 2.45) is 0 Å². The summed E-state index contributed by atoms with van der Waals surface area (Å²) in [5.41, 5.74) is 2.01. The van der Waals surface area contributed by atoms with Gasteiger partial charge in [-0.3, -0.25) is 0 Å². The molecule has 2 rings (SSSR count). The van der Waals surface area contributed by atoms with E-state index in [1.165, 1.54) is 12.1 Å². The van der Waals surface area contributed by atoms with Gasteiger partial charge in [-0.15, -0.1) is 0 Å². The SMILES string of the molecule is Cc1ccccc1C(=O)[O-].Cc1ccccc1C(=O)[O-].[Ni+2]. The van der Waals surface area contributed by atoms with E-state index in [0.717, 1.165) is 11.1 Å². The fourth-order valence-electron chi connectivity index (χ4n) is 1.60. The van der Waals surface area contributed by atoms with Crippen LogP contribution in [0, 0.1) is 13.8 Å². The van der Waals surface area contributed by atoms with E-state index in [9.17, 15) is 19.8 Å². The number of hydrogen-bond donors (Lipinski definition) is 0. The van der Waals surface area contributed by atoms with Crippen molar-refractivity contribution in [3.05, 3.63) is 70.8 Å². The van der Waals surface area contributed by atoms with Gasteiger partial charge in [-0.1, -0.05) is 48.5 Å². The summed E-state index contributed by atoms with van der Waals surface area (Å²) >= 11 is 0. The molecule has 21 heavy (non-hydrogen) atoms. The first-order chi connectivity index (χ1) is 9.43. The maximum absolute atomic E-state index is 10.3. The molecule has 2 aromatic rings. The first-order valence-electron chi connectivity index (χ1n) is 5.97. The van der Waals surface area contributed by atoms with Crippen LogP contribution in [0.15, 0.2) is 48.5 Å². The van der Waals surface area contributed by atoms with Crippen molar-refractivity contribution in [2.45, 2.75) is 13.8 Å². The minimum atomic E-state index is -1.11. The number of carboxylic acids is 2. The van der Waals surface area contributed by atoms with Crippen molar-refractivity contribution in [3.8, 4) is 0 Å². The van der Waals surface area contributed by atoms with E-state index in [-0.39, 0.29) is 27.6 Å². The molecule has 0 saturated carbocycles. The predicted molar refractivity (Wildman–Crippen MR) is 71.0 cm³/mol. The Kier molecular flexibility index (Phi) is 8.02. The van der Waals surface area contributed by atoms with E-state index in [0.29, 0.717) is 0 Å². The number of aryl methyl sites for hydroxylation is 2. The molecule has 0 saturated heterocycles. The van der Waals surface area contributed by atoms with Crippen LogP contribution in [0.25, 0.3) is 0 Å². The molecule has 0 radical (unpaired) electrons. The average Bonchev–Trinajstić information content (AvgIpc) is 2.40. The predicted octanol–water partition coefficient (Wildman–Crippen LogP) is 0.715. The largest absolute Gasteiger partial charge is 2.00 e. The number of hydrogen-bond acceptors (Lipinski definition) is 4. The number of carboxylic acid groups (broad SMARTS) is 2. The minimum absolute atomic E-state index is 0. The first-order valence-corrected chi connectivity index (χ1v) is 5.97. The Balaban J connectivity index is 0.000000364. The van der Waals surface area contributed by atoms with Crippen molar-refractivity contribution in [3.63, 3.8) is 0 Å². The summed E-state index contributed by atoms with van der Waals surface area (Å²) in [4.78, 5) is 20.6. The molecule has 0 aliphatic heterocycles. The molecule has 2 aromatic carbocycles. The molecule has 0 atom stereocenters. The van der Waals surface area contributed by atoms with Gasteiger partial charge in [-0.2, -0.15) is 0 Å². The van der Waals surface area contributed by atoms with E-state index >= 15 is 0 Å². The molecule has 0 spiro atoms. The Bertz CT molecular complexity index is 568. The van der Waals surface area contributed by atoms with E-state index in [1.807, 2.05) is 0 Å². The Morgan fingerprint density at radius 2 is 1.00 bits per heavy atom. The van der Waals surface area contributed by atoms with Gasteiger partial charge in [0.05, 0.1) is 11.9 Å². The summed E-state index contributed by atoms with van der Waals surface area (Å²) in [5.74, 6) is -2.23. The van der Waals surface area contributed by atoms with E-state index in [2.05, 4.69) is 0 Å². The van der Waals surface area contributed by atoms with Crippen LogP contribution in [0.3, 0.4) is 0 Å². The Morgan fingerprint density at radius 1 is 0.714 bits per heavy atom. The van der Waals surface area contributed by atoms with Crippen LogP contribution < -0.4 is 10.2 Å². The van der Waals surface area contributed by atoms with Gasteiger partial charge in [0.15, 0.2) is 0 Å². The van der Waals surface area contributed by atoms with Gasteiger partial charge in [-0.25, -0.2) is 0 Å². The summed E-state index contributed by atoms with van der Waals surface area (Å²) in [5, 5.41) is 20.6. The number of benzene rings is 2. The average molecular weight is 329 g/mol. The van der Waals surface area contributed by atoms with Crippen LogP contribution in [0.1, 0.15) is 31.8 Å². The zero-order chi connectivity index (χ0) is 15.1. The van der Waals surface area contributed by atoms with Gasteiger partial charge in [0.1, 0.15) is 0 Å². The molecule has 0 fully saturated rings. The zero-order valence-corrected chi connectivity index (χ0v) is 12.6. The second kappa shape index (κ2) is 8.93. The summed E-state index contributed by atoms with van der Waals surface area (Å²) < 4.78 is 0. The van der Waals surface area contributed by atoms with E-state index < -0.39 is 11.9 Å². The molecular formula is C16H14NiO4. The fourth-order valence-corrected chi connectivity index (χ4v) is 1.60. The molecule has 0 N–H and O–H groups in total. The van der Waals surface area contributed by atoms with Gasteiger partial charge < -0.3 is 19.8 Å². The smallest absolute Gasteiger partial charge is 0.545 e. The van der Waals surface area contributed by atoms with Crippen LogP contribution in [0.4, 0.5) is 0 Å². The second-order valence-corrected chi connectivity index (χ2v) is 4.20. The Morgan fingerprint density at radius 3 is 1.19 bits per heavy atom. The molecular weight excluding hydrogens is 315 g/mol. The van der Waals surface area contributed by atoms with Crippen LogP contribution in [0.2, 0.25) is 0 Å². The maximum Gasteiger partial charge on any atom is 2.00 e. The third-order valence-electron chi connectivity index (χ3n) is 2.73. The summed E-state index contributed by atoms with van der Waals surface area (Å²) in [6.07, 6.45) is 0. The quantitative estimate of drug-likeness (QED) is 0.760. The van der Waals surface area contributed by atoms with Crippen molar-refractivity contribution >= 4 is 11.9 Å². The monoisotopic (exact) mass is 328 g/mol. The summed E-state index contributed by atoms with van der Waals surface area (Å²) in [6.45, 7) is 3.48. The van der Waals surface area contributed by atoms with Gasteiger partial charge in [0.25, 0.3) is 0 Å². The molecule has 4 nitrogen and oxygen atoms in total. The number of rotatable bonds is 2. The molecule has 0 aliphatic rings. The van der Waals surface area contributed by atoms with Crippen molar-refractivity contribution < 1.29 is 36.3 Å². The Labute approximate surface area is 133 Å². The van der Waals surface area contributed by atoms with E-state index in [4.69, 9.17) is 0 Å². The number of carbonyl (C=O) groups excluding carboxylic acids is 2. The summed E-state index contributed by atoms with van der Waals surface area (Å²) in [7, 11) is 0. The van der Waals surface area contributed by atoms with E-state index in [1.54, 1.807) is 50.2 Å². The normalized spacial score (nSPS) is 8.86. The molecule has 112 valence electrons. The third-order valence-corrected chi connectivity index (χ3v) is 2.73. The zero-order valence-electron chi connectivity index (χ0n) is 11.6. The van der Waals surface area contributed by atoms with Crippen molar-refractivity contribution in [1.29, 1.82) is 0 Å². The number of aromatic carboxylic acids is 2. The van der Waals surface area contributed by atoms with Crippen LogP contribution in [-0.4, -0.2) is 11.9 Å². The molecule has 0 aromatic heterocycles. The van der Waals surface area contributed by atoms with Gasteiger partial charge >= 0.3 is 16.5 Å². The van der Waals surface area contributed by atoms with Crippen molar-refractivity contribution in [2.75, 3.05) is 0 Å². The molecule has 0 unspecified atom stereocenters. The van der Waals surface area contributed by atoms with Crippen LogP contribution in [-0.2, 0) is 16.5 Å². The van der Waals surface area contributed by atoms with Gasteiger partial charge in [-0.05, 0) is 25.0 Å². The van der Waals surface area contributed by atoms with Crippen LogP contribution in [0.5, 0.6) is 0 Å². The molecule has 0 aliphatic carbocycles. The fraction of sp³-hybridized carbons (Fsp3) is 0.125. The second-order valence-electron chi connectivity index (χ2n) is 4.20. The standard InChI is InChI=1S/2C8H8O2.Ni/c2*1-6-4-2-3-5-7(6)8(9)10;/h2*2-5H,1H3,(H,9,10);/q;;+2/p-2. The molecule has 0 heterocycles.